The maximum absolute atomic E-state index is 5.06. The van der Waals surface area contributed by atoms with Gasteiger partial charge < -0.3 is 0 Å². The molecule has 216 valence electrons. The van der Waals surface area contributed by atoms with Gasteiger partial charge >= 0.3 is 0 Å². The van der Waals surface area contributed by atoms with Crippen LogP contribution >= 0.6 is 0 Å². The Bertz CT molecular complexity index is 2250. The number of nitrogens with zero attached hydrogens (tertiary/aromatic N) is 5. The molecule has 0 amide bonds. The number of aromatic nitrogens is 5. The SMILES string of the molecule is c1ccc(-c2cc(-c3ccccc3)nc(-c3cccc(-c4nc(-c5ccccc5)cc(-c5ccc6ccccc6c5)n4)n3)n2)cc1. The monoisotopic (exact) mass is 589 g/mol. The summed E-state index contributed by atoms with van der Waals surface area (Å²) in [6.45, 7) is 0. The van der Waals surface area contributed by atoms with E-state index in [1.807, 2.05) is 84.9 Å². The van der Waals surface area contributed by atoms with Crippen LogP contribution in [-0.2, 0) is 0 Å². The van der Waals surface area contributed by atoms with Crippen LogP contribution in [0.2, 0.25) is 0 Å². The van der Waals surface area contributed by atoms with Gasteiger partial charge in [-0.05, 0) is 41.1 Å². The first-order valence-corrected chi connectivity index (χ1v) is 15.2. The Kier molecular flexibility index (Phi) is 7.09. The largest absolute Gasteiger partial charge is 0.241 e. The van der Waals surface area contributed by atoms with Crippen LogP contribution in [0.5, 0.6) is 0 Å². The van der Waals surface area contributed by atoms with Crippen molar-refractivity contribution in [2.45, 2.75) is 0 Å². The summed E-state index contributed by atoms with van der Waals surface area (Å²) in [4.78, 5) is 25.1. The van der Waals surface area contributed by atoms with Gasteiger partial charge in [0.15, 0.2) is 11.6 Å². The molecular weight excluding hydrogens is 562 g/mol. The Morgan fingerprint density at radius 3 is 1.13 bits per heavy atom. The number of hydrogen-bond acceptors (Lipinski definition) is 5. The van der Waals surface area contributed by atoms with E-state index in [0.29, 0.717) is 23.0 Å². The van der Waals surface area contributed by atoms with Crippen LogP contribution in [0.1, 0.15) is 0 Å². The highest BCUT2D eigenvalue weighted by Crippen LogP contribution is 2.31. The van der Waals surface area contributed by atoms with Crippen LogP contribution < -0.4 is 0 Å². The topological polar surface area (TPSA) is 64.5 Å². The highest BCUT2D eigenvalue weighted by Gasteiger charge is 2.15. The molecule has 0 saturated heterocycles. The molecule has 0 fully saturated rings. The van der Waals surface area contributed by atoms with Crippen LogP contribution in [-0.4, -0.2) is 24.9 Å². The lowest BCUT2D eigenvalue weighted by Gasteiger charge is -2.11. The van der Waals surface area contributed by atoms with E-state index in [0.717, 1.165) is 50.4 Å². The Balaban J connectivity index is 1.27. The summed E-state index contributed by atoms with van der Waals surface area (Å²) in [5.41, 5.74) is 8.66. The second-order valence-corrected chi connectivity index (χ2v) is 11.0. The molecule has 0 spiro atoms. The minimum atomic E-state index is 0.536. The van der Waals surface area contributed by atoms with Gasteiger partial charge in [0.2, 0.25) is 0 Å². The number of benzene rings is 5. The highest BCUT2D eigenvalue weighted by atomic mass is 15.0. The molecule has 0 N–H and O–H groups in total. The summed E-state index contributed by atoms with van der Waals surface area (Å²) in [7, 11) is 0. The average molecular weight is 590 g/mol. The summed E-state index contributed by atoms with van der Waals surface area (Å²) < 4.78 is 0. The van der Waals surface area contributed by atoms with Crippen LogP contribution in [0.15, 0.2) is 164 Å². The van der Waals surface area contributed by atoms with Gasteiger partial charge in [-0.25, -0.2) is 24.9 Å². The van der Waals surface area contributed by atoms with Gasteiger partial charge in [0.1, 0.15) is 11.4 Å². The molecular formula is C41H27N5. The second kappa shape index (κ2) is 12.0. The lowest BCUT2D eigenvalue weighted by Crippen LogP contribution is -2.00. The van der Waals surface area contributed by atoms with Crippen molar-refractivity contribution in [1.29, 1.82) is 0 Å². The molecule has 0 saturated carbocycles. The van der Waals surface area contributed by atoms with E-state index >= 15 is 0 Å². The Hall–Kier alpha value is -6.33. The van der Waals surface area contributed by atoms with E-state index in [1.54, 1.807) is 0 Å². The molecule has 5 heteroatoms. The van der Waals surface area contributed by atoms with Gasteiger partial charge in [-0.2, -0.15) is 0 Å². The second-order valence-electron chi connectivity index (χ2n) is 11.0. The summed E-state index contributed by atoms with van der Waals surface area (Å²) in [6, 6.07) is 55.2. The lowest BCUT2D eigenvalue weighted by atomic mass is 10.0. The van der Waals surface area contributed by atoms with Gasteiger partial charge in [-0.1, -0.05) is 133 Å². The zero-order valence-electron chi connectivity index (χ0n) is 24.8. The minimum absolute atomic E-state index is 0.536. The first kappa shape index (κ1) is 27.2. The molecule has 3 aromatic heterocycles. The smallest absolute Gasteiger partial charge is 0.179 e. The number of rotatable bonds is 6. The van der Waals surface area contributed by atoms with Crippen molar-refractivity contribution in [1.82, 2.24) is 24.9 Å². The standard InChI is InChI=1S/C41H27N5/c1-4-14-29(15-5-1)36-26-37(30-16-6-2-7-17-30)44-40(43-36)34-21-12-22-35(42-34)41-45-38(31-18-8-3-9-19-31)27-39(46-41)33-24-23-28-13-10-11-20-32(28)25-33/h1-27H. The van der Waals surface area contributed by atoms with Crippen molar-refractivity contribution in [2.75, 3.05) is 0 Å². The summed E-state index contributed by atoms with van der Waals surface area (Å²) in [6.07, 6.45) is 0. The Labute approximate surface area is 267 Å². The predicted molar refractivity (Wildman–Crippen MR) is 186 cm³/mol. The van der Waals surface area contributed by atoms with Crippen molar-refractivity contribution >= 4 is 10.8 Å². The molecule has 3 heterocycles. The fraction of sp³-hybridized carbons (Fsp3) is 0. The van der Waals surface area contributed by atoms with Crippen LogP contribution in [0.4, 0.5) is 0 Å². The zero-order chi connectivity index (χ0) is 30.7. The Morgan fingerprint density at radius 1 is 0.239 bits per heavy atom. The third kappa shape index (κ3) is 5.53. The van der Waals surface area contributed by atoms with E-state index in [9.17, 15) is 0 Å². The van der Waals surface area contributed by atoms with Gasteiger partial charge in [0, 0.05) is 22.3 Å². The first-order chi connectivity index (χ1) is 22.8. The van der Waals surface area contributed by atoms with Gasteiger partial charge in [-0.3, -0.25) is 0 Å². The van der Waals surface area contributed by atoms with Gasteiger partial charge in [0.25, 0.3) is 0 Å². The van der Waals surface area contributed by atoms with Crippen molar-refractivity contribution in [2.24, 2.45) is 0 Å². The zero-order valence-corrected chi connectivity index (χ0v) is 24.8. The van der Waals surface area contributed by atoms with E-state index in [2.05, 4.69) is 78.9 Å². The summed E-state index contributed by atoms with van der Waals surface area (Å²) in [5.74, 6) is 1.07. The highest BCUT2D eigenvalue weighted by molar-refractivity contribution is 5.87. The van der Waals surface area contributed by atoms with Crippen LogP contribution in [0.25, 0.3) is 78.8 Å². The van der Waals surface area contributed by atoms with Crippen molar-refractivity contribution in [3.63, 3.8) is 0 Å². The maximum atomic E-state index is 5.06. The number of hydrogen-bond donors (Lipinski definition) is 0. The summed E-state index contributed by atoms with van der Waals surface area (Å²) in [5, 5.41) is 2.34. The van der Waals surface area contributed by atoms with E-state index in [-0.39, 0.29) is 0 Å². The molecule has 5 nitrogen and oxygen atoms in total. The van der Waals surface area contributed by atoms with E-state index in [1.165, 1.54) is 5.39 Å². The quantitative estimate of drug-likeness (QED) is 0.193. The maximum Gasteiger partial charge on any atom is 0.179 e. The third-order valence-electron chi connectivity index (χ3n) is 7.91. The third-order valence-corrected chi connectivity index (χ3v) is 7.91. The Morgan fingerprint density at radius 2 is 0.652 bits per heavy atom. The van der Waals surface area contributed by atoms with E-state index < -0.39 is 0 Å². The minimum Gasteiger partial charge on any atom is -0.241 e. The molecule has 5 aromatic carbocycles. The number of pyridine rings is 1. The van der Waals surface area contributed by atoms with E-state index in [4.69, 9.17) is 24.9 Å². The molecule has 0 aliphatic rings. The molecule has 8 aromatic rings. The van der Waals surface area contributed by atoms with Crippen LogP contribution in [0.3, 0.4) is 0 Å². The normalized spacial score (nSPS) is 11.0. The average Bonchev–Trinajstić information content (AvgIpc) is 3.15. The molecule has 0 bridgehead atoms. The molecule has 0 unspecified atom stereocenters. The molecule has 46 heavy (non-hydrogen) atoms. The lowest BCUT2D eigenvalue weighted by molar-refractivity contribution is 1.12. The molecule has 0 radical (unpaired) electrons. The van der Waals surface area contributed by atoms with Gasteiger partial charge in [0.05, 0.1) is 22.8 Å². The molecule has 0 aliphatic heterocycles. The first-order valence-electron chi connectivity index (χ1n) is 15.2. The molecule has 0 aliphatic carbocycles. The fourth-order valence-electron chi connectivity index (χ4n) is 5.57. The van der Waals surface area contributed by atoms with Crippen molar-refractivity contribution < 1.29 is 0 Å². The van der Waals surface area contributed by atoms with Crippen molar-refractivity contribution in [3.05, 3.63) is 164 Å². The van der Waals surface area contributed by atoms with Crippen molar-refractivity contribution in [3.8, 4) is 68.1 Å². The van der Waals surface area contributed by atoms with Crippen LogP contribution in [0, 0.1) is 0 Å². The predicted octanol–water partition coefficient (Wildman–Crippen LogP) is 9.82. The molecule has 8 rings (SSSR count). The summed E-state index contributed by atoms with van der Waals surface area (Å²) >= 11 is 0. The molecule has 0 atom stereocenters. The van der Waals surface area contributed by atoms with Gasteiger partial charge in [-0.15, -0.1) is 0 Å². The number of fused-ring (bicyclic) bond motifs is 1. The fourth-order valence-corrected chi connectivity index (χ4v) is 5.57.